The van der Waals surface area contributed by atoms with Crippen LogP contribution in [0.5, 0.6) is 0 Å². The molecule has 1 aromatic carbocycles. The van der Waals surface area contributed by atoms with E-state index < -0.39 is 263 Å². The normalized spacial score (nSPS) is 16.4. The second kappa shape index (κ2) is 56.5. The van der Waals surface area contributed by atoms with Gasteiger partial charge in [-0.05, 0) is 140 Å². The number of carbonyl (C=O) groups is 20. The topological polar surface area (TPSA) is 676 Å². The summed E-state index contributed by atoms with van der Waals surface area (Å²) in [6.07, 6.45) is 3.65. The average Bonchev–Trinajstić information content (AvgIpc) is 1.28. The number of carbonyl (C=O) groups excluding carboxylic acids is 19. The zero-order valence-electron chi connectivity index (χ0n) is 79.5. The third-order valence-electron chi connectivity index (χ3n) is 22.1. The molecular formula is C88H145N23O21. The van der Waals surface area contributed by atoms with Crippen LogP contribution in [-0.4, -0.2) is 267 Å². The quantitative estimate of drug-likeness (QED) is 0.0284. The maximum absolute atomic E-state index is 14.6. The van der Waals surface area contributed by atoms with E-state index >= 15 is 0 Å². The molecule has 0 radical (unpaired) electrons. The SMILES string of the molecule is CC[C@H](C)[C@H](NC(=O)[C@H](C)NC(=O)[C@@H]1CCCN1C(=O)[C@@H](NC(=O)[C@@H](NC(=O)[C@H](Cc1c[nH]cn1)NC(=O)[C@H](C)NC(=O)[C@H](C)NC(=O)[C@@H](NC(=O)[C@H](CCCCN)NC(=O)[C@H](C)NC(=O)[C@H](CC(C)C)NC(=O)[C@@H](NC(=O)CNC(=O)[C@H](Cc1ccccc1)NC(=O)[C@H](CC(C)C)NC(=O)CN)C(C)C)C(C)C)C(C)C)C(C)C)C(=O)N[C@@H](C)C(=O)N[C@@H](CCC(=O)O)C(N)=O. The molecule has 0 aliphatic carbocycles. The molecule has 0 saturated carbocycles. The number of benzene rings is 1. The number of H-pyrrole nitrogens is 1. The first-order valence-electron chi connectivity index (χ1n) is 45.2. The molecule has 19 amide bonds. The summed E-state index contributed by atoms with van der Waals surface area (Å²) in [6.45, 7) is 29.6. The number of hydrogen-bond acceptors (Lipinski definition) is 23. The summed E-state index contributed by atoms with van der Waals surface area (Å²) < 4.78 is 0. The number of carboxylic acid groups (broad SMARTS) is 1. The van der Waals surface area contributed by atoms with Crippen molar-refractivity contribution in [3.8, 4) is 0 Å². The van der Waals surface area contributed by atoms with Crippen LogP contribution in [0, 0.1) is 41.4 Å². The molecule has 1 aromatic heterocycles. The summed E-state index contributed by atoms with van der Waals surface area (Å²) in [5, 5.41) is 53.3. The van der Waals surface area contributed by atoms with Gasteiger partial charge in [0.2, 0.25) is 112 Å². The highest BCUT2D eigenvalue weighted by molar-refractivity contribution is 6.02. The van der Waals surface area contributed by atoms with Gasteiger partial charge in [0.1, 0.15) is 103 Å². The minimum absolute atomic E-state index is 0.00640. The number of nitrogens with one attached hydrogen (secondary N) is 18. The summed E-state index contributed by atoms with van der Waals surface area (Å²) >= 11 is 0. The fourth-order valence-electron chi connectivity index (χ4n) is 14.0. The van der Waals surface area contributed by atoms with Gasteiger partial charge in [0.25, 0.3) is 0 Å². The predicted octanol–water partition coefficient (Wildman–Crippen LogP) is -3.64. The van der Waals surface area contributed by atoms with Gasteiger partial charge >= 0.3 is 5.97 Å². The zero-order valence-corrected chi connectivity index (χ0v) is 79.5. The molecule has 2 heterocycles. The van der Waals surface area contributed by atoms with Gasteiger partial charge in [-0.1, -0.05) is 134 Å². The van der Waals surface area contributed by atoms with Crippen molar-refractivity contribution in [2.24, 2.45) is 58.6 Å². The third kappa shape index (κ3) is 38.7. The molecule has 1 aliphatic rings. The van der Waals surface area contributed by atoms with Crippen LogP contribution in [0.2, 0.25) is 0 Å². The largest absolute Gasteiger partial charge is 0.481 e. The molecule has 1 saturated heterocycles. The Kier molecular flexibility index (Phi) is 48.7. The standard InChI is InChI=1S/C88H145N23O21/c1-20-49(14)71(87(131)99-53(18)74(118)101-57(72(91)116)31-32-66(114)115)110-77(121)54(19)97-83(127)63-30-26-34-111(63)88(132)70(48(12)13)109-86(130)69(47(10)11)108-82(126)62(38-56-40-92-42-94-56)103-76(120)51(16)95-73(117)50(15)98-84(128)68(46(8)9)107-79(123)58(29-24-25-33-89)102-75(119)52(17)96-80(124)60(36-44(4)5)105-85(129)67(45(6)7)106-65(113)41-93-78(122)61(37-55-27-22-21-23-28-55)104-81(125)59(35-43(2)3)100-64(112)39-90/h21-23,27-28,40,42-54,57-63,67-71H,20,24-26,29-39,41,89-90H2,1-19H3,(H2,91,116)(H,92,94)(H,93,122)(H,95,117)(H,96,124)(H,97,127)(H,98,128)(H,99,131)(H,100,112)(H,101,118)(H,102,119)(H,103,120)(H,104,125)(H,105,129)(H,106,113)(H,107,123)(H,108,126)(H,109,130)(H,110,121)(H,114,115)/t49-,50-,51-,52-,53-,54-,57-,58-,59-,60-,61-,62-,63-,67-,68-,69-,70-,71-/m0/s1. The van der Waals surface area contributed by atoms with Gasteiger partial charge in [-0.3, -0.25) is 95.9 Å². The van der Waals surface area contributed by atoms with E-state index in [1.54, 1.807) is 113 Å². The van der Waals surface area contributed by atoms with Crippen molar-refractivity contribution in [1.82, 2.24) is 105 Å². The summed E-state index contributed by atoms with van der Waals surface area (Å²) in [5.41, 5.74) is 17.6. The molecule has 0 bridgehead atoms. The Morgan fingerprint density at radius 2 is 0.841 bits per heavy atom. The summed E-state index contributed by atoms with van der Waals surface area (Å²) in [6, 6.07) is -13.2. The van der Waals surface area contributed by atoms with Crippen molar-refractivity contribution in [2.75, 3.05) is 26.2 Å². The van der Waals surface area contributed by atoms with Crippen LogP contribution in [0.25, 0.3) is 0 Å². The van der Waals surface area contributed by atoms with E-state index in [1.165, 1.54) is 52.0 Å². The molecular weight excluding hydrogens is 1720 g/mol. The highest BCUT2D eigenvalue weighted by Crippen LogP contribution is 2.23. The van der Waals surface area contributed by atoms with Crippen molar-refractivity contribution < 1.29 is 101 Å². The molecule has 44 nitrogen and oxygen atoms in total. The average molecular weight is 1860 g/mol. The maximum Gasteiger partial charge on any atom is 0.303 e. The van der Waals surface area contributed by atoms with E-state index in [0.29, 0.717) is 36.9 Å². The first-order chi connectivity index (χ1) is 61.9. The van der Waals surface area contributed by atoms with Gasteiger partial charge < -0.3 is 123 Å². The van der Waals surface area contributed by atoms with Crippen molar-refractivity contribution in [3.05, 3.63) is 54.1 Å². The van der Waals surface area contributed by atoms with Crippen LogP contribution >= 0.6 is 0 Å². The number of primary amides is 1. The van der Waals surface area contributed by atoms with Crippen LogP contribution in [0.4, 0.5) is 0 Å². The van der Waals surface area contributed by atoms with Crippen LogP contribution in [0.1, 0.15) is 207 Å². The van der Waals surface area contributed by atoms with Gasteiger partial charge in [-0.2, -0.15) is 0 Å². The van der Waals surface area contributed by atoms with Crippen molar-refractivity contribution in [1.29, 1.82) is 0 Å². The lowest BCUT2D eigenvalue weighted by Crippen LogP contribution is -2.62. The lowest BCUT2D eigenvalue weighted by atomic mass is 9.97. The Balaban J connectivity index is 1.71. The molecule has 3 rings (SSSR count). The maximum atomic E-state index is 14.6. The van der Waals surface area contributed by atoms with Crippen molar-refractivity contribution >= 4 is 118 Å². The first-order valence-corrected chi connectivity index (χ1v) is 45.2. The number of imidazole rings is 1. The summed E-state index contributed by atoms with van der Waals surface area (Å²) in [5.74, 6) is -19.7. The molecule has 0 spiro atoms. The Hall–Kier alpha value is -12.3. The number of aromatic amines is 1. The Labute approximate surface area is 771 Å². The Bertz CT molecular complexity index is 4240. The molecule has 1 fully saturated rings. The number of carboxylic acids is 1. The van der Waals surface area contributed by atoms with E-state index in [0.717, 1.165) is 0 Å². The van der Waals surface area contributed by atoms with Gasteiger partial charge in [-0.15, -0.1) is 0 Å². The number of hydrogen-bond donors (Lipinski definition) is 22. The van der Waals surface area contributed by atoms with Gasteiger partial charge in [-0.25, -0.2) is 4.98 Å². The Morgan fingerprint density at radius 1 is 0.432 bits per heavy atom. The minimum atomic E-state index is -1.47. The number of nitrogens with zero attached hydrogens (tertiary/aromatic N) is 2. The summed E-state index contributed by atoms with van der Waals surface area (Å²) in [7, 11) is 0. The number of amides is 19. The predicted molar refractivity (Wildman–Crippen MR) is 485 cm³/mol. The molecule has 44 heteroatoms. The highest BCUT2D eigenvalue weighted by Gasteiger charge is 2.43. The number of likely N-dealkylation sites (tertiary alicyclic amines) is 1. The van der Waals surface area contributed by atoms with Crippen LogP contribution in [-0.2, 0) is 109 Å². The molecule has 1 aliphatic heterocycles. The summed E-state index contributed by atoms with van der Waals surface area (Å²) in [4.78, 5) is 281. The van der Waals surface area contributed by atoms with Crippen LogP contribution in [0.3, 0.4) is 0 Å². The first kappa shape index (κ1) is 114. The van der Waals surface area contributed by atoms with Gasteiger partial charge in [0.05, 0.1) is 25.1 Å². The van der Waals surface area contributed by atoms with E-state index in [1.807, 2.05) is 13.8 Å². The van der Waals surface area contributed by atoms with Crippen LogP contribution in [0.15, 0.2) is 42.9 Å². The van der Waals surface area contributed by atoms with E-state index in [2.05, 4.69) is 100 Å². The molecule has 0 unspecified atom stereocenters. The number of nitrogens with two attached hydrogens (primary N) is 3. The molecule has 738 valence electrons. The van der Waals surface area contributed by atoms with E-state index in [9.17, 15) is 95.9 Å². The molecule has 132 heavy (non-hydrogen) atoms. The van der Waals surface area contributed by atoms with Crippen LogP contribution < -0.4 is 108 Å². The minimum Gasteiger partial charge on any atom is -0.481 e. The number of aliphatic carboxylic acids is 1. The number of rotatable bonds is 57. The fraction of sp³-hybridized carbons (Fsp3) is 0.670. The Morgan fingerprint density at radius 3 is 1.33 bits per heavy atom. The lowest BCUT2D eigenvalue weighted by Gasteiger charge is -2.33. The van der Waals surface area contributed by atoms with E-state index in [-0.39, 0.29) is 76.4 Å². The third-order valence-corrected chi connectivity index (χ3v) is 22.1. The smallest absolute Gasteiger partial charge is 0.303 e. The van der Waals surface area contributed by atoms with E-state index in [4.69, 9.17) is 22.3 Å². The second-order valence-electron chi connectivity index (χ2n) is 35.9. The van der Waals surface area contributed by atoms with Gasteiger partial charge in [0, 0.05) is 32.0 Å². The lowest BCUT2D eigenvalue weighted by molar-refractivity contribution is -0.143. The number of aromatic nitrogens is 2. The van der Waals surface area contributed by atoms with Gasteiger partial charge in [0.15, 0.2) is 0 Å². The fourth-order valence-corrected chi connectivity index (χ4v) is 14.0. The highest BCUT2D eigenvalue weighted by atomic mass is 16.4. The monoisotopic (exact) mass is 1860 g/mol. The van der Waals surface area contributed by atoms with Crippen molar-refractivity contribution in [2.45, 2.75) is 311 Å². The molecule has 2 aromatic rings. The number of unbranched alkanes of at least 4 members (excludes halogenated alkanes) is 1. The van der Waals surface area contributed by atoms with Crippen molar-refractivity contribution in [3.63, 3.8) is 0 Å². The zero-order chi connectivity index (χ0) is 99.8. The molecule has 18 atom stereocenters. The molecule has 25 N–H and O–H groups in total. The second-order valence-corrected chi connectivity index (χ2v) is 35.9.